The summed E-state index contributed by atoms with van der Waals surface area (Å²) in [6.07, 6.45) is 5.43. The van der Waals surface area contributed by atoms with Crippen LogP contribution in [0.5, 0.6) is 0 Å². The van der Waals surface area contributed by atoms with Crippen LogP contribution in [0.25, 0.3) is 88.8 Å². The predicted octanol–water partition coefficient (Wildman–Crippen LogP) is 9.34. The SMILES string of the molecule is c1ccc(-c2nc3ccccc3cc2-c2ncc(-c3ccc4ccc5cccnc5c4n3)nc2-c2ccc3cccnc3c2)cc1. The van der Waals surface area contributed by atoms with Crippen LogP contribution in [0.3, 0.4) is 0 Å². The third-order valence-electron chi connectivity index (χ3n) is 8.37. The third kappa shape index (κ3) is 4.43. The monoisotopic (exact) mass is 588 g/mol. The topological polar surface area (TPSA) is 77.3 Å². The molecule has 9 aromatic rings. The number of para-hydroxylation sites is 1. The Balaban J connectivity index is 1.31. The lowest BCUT2D eigenvalue weighted by Gasteiger charge is -2.15. The molecule has 0 radical (unpaired) electrons. The highest BCUT2D eigenvalue weighted by Crippen LogP contribution is 2.38. The Hall–Kier alpha value is -6.40. The molecule has 0 fully saturated rings. The number of hydrogen-bond donors (Lipinski definition) is 0. The second kappa shape index (κ2) is 10.6. The van der Waals surface area contributed by atoms with Crippen LogP contribution >= 0.6 is 0 Å². The van der Waals surface area contributed by atoms with Gasteiger partial charge in [-0.05, 0) is 36.4 Å². The summed E-state index contributed by atoms with van der Waals surface area (Å²) < 4.78 is 0. The molecule has 0 unspecified atom stereocenters. The Morgan fingerprint density at radius 2 is 1.11 bits per heavy atom. The quantitative estimate of drug-likeness (QED) is 0.191. The van der Waals surface area contributed by atoms with Crippen LogP contribution in [-0.4, -0.2) is 29.9 Å². The fraction of sp³-hybridized carbons (Fsp3) is 0. The Kier molecular flexibility index (Phi) is 6.03. The van der Waals surface area contributed by atoms with E-state index in [-0.39, 0.29) is 0 Å². The van der Waals surface area contributed by atoms with Gasteiger partial charge in [-0.2, -0.15) is 0 Å². The number of hydrogen-bond acceptors (Lipinski definition) is 6. The summed E-state index contributed by atoms with van der Waals surface area (Å²) in [4.78, 5) is 29.9. The van der Waals surface area contributed by atoms with E-state index in [1.165, 1.54) is 0 Å². The Bertz CT molecular complexity index is 2600. The number of benzene rings is 4. The molecule has 0 bridgehead atoms. The maximum Gasteiger partial charge on any atom is 0.108 e. The van der Waals surface area contributed by atoms with E-state index in [4.69, 9.17) is 19.9 Å². The highest BCUT2D eigenvalue weighted by atomic mass is 14.9. The van der Waals surface area contributed by atoms with Gasteiger partial charge in [-0.15, -0.1) is 0 Å². The van der Waals surface area contributed by atoms with Crippen LogP contribution in [0.2, 0.25) is 0 Å². The number of pyridine rings is 4. The van der Waals surface area contributed by atoms with E-state index in [2.05, 4.69) is 82.8 Å². The van der Waals surface area contributed by atoms with Crippen molar-refractivity contribution in [3.63, 3.8) is 0 Å². The van der Waals surface area contributed by atoms with Gasteiger partial charge in [0.05, 0.1) is 51.0 Å². The van der Waals surface area contributed by atoms with Crippen LogP contribution in [0.1, 0.15) is 0 Å². The van der Waals surface area contributed by atoms with Gasteiger partial charge in [0.1, 0.15) is 5.69 Å². The first-order chi connectivity index (χ1) is 22.8. The summed E-state index contributed by atoms with van der Waals surface area (Å²) >= 11 is 0. The molecule has 214 valence electrons. The summed E-state index contributed by atoms with van der Waals surface area (Å²) in [7, 11) is 0. The maximum absolute atomic E-state index is 5.30. The van der Waals surface area contributed by atoms with Crippen molar-refractivity contribution in [1.82, 2.24) is 29.9 Å². The fourth-order valence-electron chi connectivity index (χ4n) is 6.10. The molecule has 0 saturated carbocycles. The lowest BCUT2D eigenvalue weighted by atomic mass is 9.97. The van der Waals surface area contributed by atoms with Crippen molar-refractivity contribution in [2.24, 2.45) is 0 Å². The first-order valence-corrected chi connectivity index (χ1v) is 15.1. The Morgan fingerprint density at radius 1 is 0.370 bits per heavy atom. The van der Waals surface area contributed by atoms with Crippen molar-refractivity contribution < 1.29 is 0 Å². The van der Waals surface area contributed by atoms with Crippen molar-refractivity contribution in [3.05, 3.63) is 146 Å². The fourth-order valence-corrected chi connectivity index (χ4v) is 6.10. The van der Waals surface area contributed by atoms with Gasteiger partial charge in [0.15, 0.2) is 0 Å². The van der Waals surface area contributed by atoms with Gasteiger partial charge in [0.25, 0.3) is 0 Å². The average molecular weight is 589 g/mol. The molecule has 9 rings (SSSR count). The highest BCUT2D eigenvalue weighted by molar-refractivity contribution is 6.03. The molecule has 0 aliphatic heterocycles. The number of fused-ring (bicyclic) bond motifs is 5. The van der Waals surface area contributed by atoms with E-state index in [0.717, 1.165) is 83.1 Å². The summed E-state index contributed by atoms with van der Waals surface area (Å²) in [5.74, 6) is 0. The zero-order valence-corrected chi connectivity index (χ0v) is 24.5. The summed E-state index contributed by atoms with van der Waals surface area (Å²) in [5.41, 5.74) is 10.1. The molecule has 0 saturated heterocycles. The second-order valence-electron chi connectivity index (χ2n) is 11.2. The van der Waals surface area contributed by atoms with Gasteiger partial charge in [-0.3, -0.25) is 15.0 Å². The van der Waals surface area contributed by atoms with Crippen molar-refractivity contribution in [3.8, 4) is 45.2 Å². The van der Waals surface area contributed by atoms with Crippen LogP contribution < -0.4 is 0 Å². The van der Waals surface area contributed by atoms with E-state index in [1.807, 2.05) is 67.0 Å². The molecule has 5 aromatic heterocycles. The van der Waals surface area contributed by atoms with Crippen molar-refractivity contribution in [1.29, 1.82) is 0 Å². The Labute approximate surface area is 264 Å². The number of aromatic nitrogens is 6. The molecular formula is C40H24N6. The van der Waals surface area contributed by atoms with Crippen molar-refractivity contribution in [2.75, 3.05) is 0 Å². The number of nitrogens with zero attached hydrogens (tertiary/aromatic N) is 6. The third-order valence-corrected chi connectivity index (χ3v) is 8.37. The first kappa shape index (κ1) is 26.0. The van der Waals surface area contributed by atoms with Crippen LogP contribution in [0.15, 0.2) is 146 Å². The van der Waals surface area contributed by atoms with Crippen molar-refractivity contribution in [2.45, 2.75) is 0 Å². The van der Waals surface area contributed by atoms with Crippen molar-refractivity contribution >= 4 is 43.6 Å². The van der Waals surface area contributed by atoms with E-state index < -0.39 is 0 Å². The molecule has 6 heteroatoms. The maximum atomic E-state index is 5.30. The van der Waals surface area contributed by atoms with Gasteiger partial charge in [-0.25, -0.2) is 15.0 Å². The van der Waals surface area contributed by atoms with E-state index in [9.17, 15) is 0 Å². The van der Waals surface area contributed by atoms with Gasteiger partial charge in [-0.1, -0.05) is 91.0 Å². The normalized spacial score (nSPS) is 11.5. The lowest BCUT2D eigenvalue weighted by molar-refractivity contribution is 1.19. The molecule has 46 heavy (non-hydrogen) atoms. The summed E-state index contributed by atoms with van der Waals surface area (Å²) in [6.45, 7) is 0. The molecule has 0 aliphatic rings. The predicted molar refractivity (Wildman–Crippen MR) is 185 cm³/mol. The van der Waals surface area contributed by atoms with Crippen LogP contribution in [0, 0.1) is 0 Å². The largest absolute Gasteiger partial charge is 0.256 e. The minimum Gasteiger partial charge on any atom is -0.256 e. The molecular weight excluding hydrogens is 564 g/mol. The van der Waals surface area contributed by atoms with Gasteiger partial charge >= 0.3 is 0 Å². The molecule has 0 aliphatic carbocycles. The van der Waals surface area contributed by atoms with E-state index >= 15 is 0 Å². The standard InChI is InChI=1S/C40H24N6/c1-2-8-26(9-3-1)36-31(22-29-10-4-5-13-32(29)44-36)40-39(30-17-14-25-11-6-20-41-34(25)23-30)46-35(24-43-40)33-19-18-28-16-15-27-12-7-21-42-37(27)38(28)45-33/h1-24H. The molecule has 0 N–H and O–H groups in total. The van der Waals surface area contributed by atoms with Crippen LogP contribution in [0.4, 0.5) is 0 Å². The molecule has 4 aromatic carbocycles. The molecule has 6 nitrogen and oxygen atoms in total. The molecule has 0 amide bonds. The van der Waals surface area contributed by atoms with E-state index in [1.54, 1.807) is 6.20 Å². The minimum absolute atomic E-state index is 0.671. The molecule has 0 atom stereocenters. The minimum atomic E-state index is 0.671. The lowest BCUT2D eigenvalue weighted by Crippen LogP contribution is -2.00. The van der Waals surface area contributed by atoms with E-state index in [0.29, 0.717) is 5.69 Å². The second-order valence-corrected chi connectivity index (χ2v) is 11.2. The van der Waals surface area contributed by atoms with Crippen LogP contribution in [-0.2, 0) is 0 Å². The molecule has 0 spiro atoms. The van der Waals surface area contributed by atoms with Gasteiger partial charge in [0, 0.05) is 50.6 Å². The number of rotatable bonds is 4. The zero-order valence-electron chi connectivity index (χ0n) is 24.5. The highest BCUT2D eigenvalue weighted by Gasteiger charge is 2.20. The Morgan fingerprint density at radius 3 is 2.02 bits per heavy atom. The average Bonchev–Trinajstić information content (AvgIpc) is 3.14. The smallest absolute Gasteiger partial charge is 0.108 e. The van der Waals surface area contributed by atoms with Gasteiger partial charge < -0.3 is 0 Å². The zero-order chi connectivity index (χ0) is 30.5. The molecule has 5 heterocycles. The van der Waals surface area contributed by atoms with Gasteiger partial charge in [0.2, 0.25) is 0 Å². The first-order valence-electron chi connectivity index (χ1n) is 15.1. The summed E-state index contributed by atoms with van der Waals surface area (Å²) in [6, 6.07) is 43.1. The summed E-state index contributed by atoms with van der Waals surface area (Å²) in [5, 5.41) is 4.16.